The average Bonchev–Trinajstić information content (AvgIpc) is 2.99. The zero-order chi connectivity index (χ0) is 15.4. The van der Waals surface area contributed by atoms with Crippen LogP contribution in [0.2, 0.25) is 0 Å². The summed E-state index contributed by atoms with van der Waals surface area (Å²) in [6.07, 6.45) is 4.11. The van der Waals surface area contributed by atoms with E-state index in [1.165, 1.54) is 5.56 Å². The molecular formula is C18H23N3O. The van der Waals surface area contributed by atoms with Crippen LogP contribution < -0.4 is 5.32 Å². The van der Waals surface area contributed by atoms with Gasteiger partial charge in [0.2, 0.25) is 0 Å². The molecular weight excluding hydrogens is 274 g/mol. The second-order valence-corrected chi connectivity index (χ2v) is 5.96. The van der Waals surface area contributed by atoms with Crippen molar-refractivity contribution in [2.45, 2.75) is 25.4 Å². The van der Waals surface area contributed by atoms with Crippen molar-refractivity contribution in [3.63, 3.8) is 0 Å². The second-order valence-electron chi connectivity index (χ2n) is 5.96. The highest BCUT2D eigenvalue weighted by Gasteiger charge is 2.25. The Kier molecular flexibility index (Phi) is 4.59. The van der Waals surface area contributed by atoms with E-state index in [4.69, 9.17) is 0 Å². The van der Waals surface area contributed by atoms with E-state index >= 15 is 0 Å². The van der Waals surface area contributed by atoms with Crippen LogP contribution in [0.3, 0.4) is 0 Å². The van der Waals surface area contributed by atoms with Gasteiger partial charge in [-0.15, -0.1) is 0 Å². The molecule has 0 radical (unpaired) electrons. The lowest BCUT2D eigenvalue weighted by Crippen LogP contribution is -2.48. The summed E-state index contributed by atoms with van der Waals surface area (Å²) in [5.74, 6) is 0.138. The molecule has 0 bridgehead atoms. The topological polar surface area (TPSA) is 37.3 Å². The predicted molar refractivity (Wildman–Crippen MR) is 87.6 cm³/mol. The predicted octanol–water partition coefficient (Wildman–Crippen LogP) is 2.42. The van der Waals surface area contributed by atoms with Crippen LogP contribution in [-0.2, 0) is 13.6 Å². The van der Waals surface area contributed by atoms with Gasteiger partial charge in [-0.25, -0.2) is 0 Å². The molecule has 1 N–H and O–H groups in total. The minimum Gasteiger partial charge on any atom is -0.347 e. The molecule has 116 valence electrons. The Morgan fingerprint density at radius 1 is 1.23 bits per heavy atom. The van der Waals surface area contributed by atoms with Crippen molar-refractivity contribution in [3.05, 3.63) is 59.9 Å². The van der Waals surface area contributed by atoms with Crippen LogP contribution >= 0.6 is 0 Å². The number of hydrogen-bond donors (Lipinski definition) is 1. The molecule has 3 rings (SSSR count). The summed E-state index contributed by atoms with van der Waals surface area (Å²) >= 11 is 0. The molecule has 1 atom stereocenters. The lowest BCUT2D eigenvalue weighted by atomic mass is 10.0. The van der Waals surface area contributed by atoms with Crippen molar-refractivity contribution in [3.8, 4) is 0 Å². The summed E-state index contributed by atoms with van der Waals surface area (Å²) in [6, 6.07) is 14.6. The number of benzene rings is 1. The average molecular weight is 297 g/mol. The molecule has 1 aliphatic rings. The standard InChI is InChI=1S/C18H23N3O/c1-20-11-6-10-17(20)18(22)21-12-5-9-16(14-21)19-13-15-7-3-2-4-8-15/h2-4,6-8,10-11,16,19H,5,9,12-14H2,1H3/t16-/m1/s1. The van der Waals surface area contributed by atoms with Gasteiger partial charge < -0.3 is 14.8 Å². The number of aryl methyl sites for hydroxylation is 1. The molecule has 4 heteroatoms. The number of likely N-dealkylation sites (tertiary alicyclic amines) is 1. The summed E-state index contributed by atoms with van der Waals surface area (Å²) in [6.45, 7) is 2.50. The first kappa shape index (κ1) is 14.9. The van der Waals surface area contributed by atoms with E-state index in [9.17, 15) is 4.79 Å². The molecule has 1 saturated heterocycles. The monoisotopic (exact) mass is 297 g/mol. The van der Waals surface area contributed by atoms with E-state index in [2.05, 4.69) is 29.6 Å². The minimum absolute atomic E-state index is 0.138. The first-order valence-corrected chi connectivity index (χ1v) is 7.92. The van der Waals surface area contributed by atoms with E-state index in [1.807, 2.05) is 40.9 Å². The number of nitrogens with one attached hydrogen (secondary N) is 1. The zero-order valence-electron chi connectivity index (χ0n) is 13.0. The van der Waals surface area contributed by atoms with Gasteiger partial charge in [-0.05, 0) is 30.5 Å². The van der Waals surface area contributed by atoms with Gasteiger partial charge in [0.1, 0.15) is 5.69 Å². The summed E-state index contributed by atoms with van der Waals surface area (Å²) in [5.41, 5.74) is 2.05. The smallest absolute Gasteiger partial charge is 0.270 e. The molecule has 0 aliphatic carbocycles. The molecule has 4 nitrogen and oxygen atoms in total. The zero-order valence-corrected chi connectivity index (χ0v) is 13.0. The number of carbonyl (C=O) groups is 1. The Hall–Kier alpha value is -2.07. The van der Waals surface area contributed by atoms with Crippen LogP contribution in [-0.4, -0.2) is 34.5 Å². The van der Waals surface area contributed by atoms with E-state index in [0.717, 1.165) is 38.2 Å². The normalized spacial score (nSPS) is 18.4. The highest BCUT2D eigenvalue weighted by Crippen LogP contribution is 2.14. The van der Waals surface area contributed by atoms with Gasteiger partial charge in [0.25, 0.3) is 5.91 Å². The fourth-order valence-electron chi connectivity index (χ4n) is 3.03. The molecule has 2 aromatic rings. The molecule has 2 heterocycles. The lowest BCUT2D eigenvalue weighted by molar-refractivity contribution is 0.0684. The van der Waals surface area contributed by atoms with E-state index in [1.54, 1.807) is 0 Å². The van der Waals surface area contributed by atoms with Crippen molar-refractivity contribution in [1.82, 2.24) is 14.8 Å². The maximum atomic E-state index is 12.6. The van der Waals surface area contributed by atoms with Crippen LogP contribution in [0.5, 0.6) is 0 Å². The van der Waals surface area contributed by atoms with Crippen LogP contribution in [0.25, 0.3) is 0 Å². The number of carbonyl (C=O) groups excluding carboxylic acids is 1. The van der Waals surface area contributed by atoms with Crippen molar-refractivity contribution < 1.29 is 4.79 Å². The Balaban J connectivity index is 1.57. The SMILES string of the molecule is Cn1cccc1C(=O)N1CCC[C@@H](NCc2ccccc2)C1. The Morgan fingerprint density at radius 2 is 2.05 bits per heavy atom. The third-order valence-corrected chi connectivity index (χ3v) is 4.31. The van der Waals surface area contributed by atoms with E-state index < -0.39 is 0 Å². The number of rotatable bonds is 4. The van der Waals surface area contributed by atoms with Crippen molar-refractivity contribution in [2.75, 3.05) is 13.1 Å². The number of amides is 1. The summed E-state index contributed by atoms with van der Waals surface area (Å²) in [7, 11) is 1.92. The van der Waals surface area contributed by atoms with Crippen LogP contribution in [0.15, 0.2) is 48.7 Å². The highest BCUT2D eigenvalue weighted by atomic mass is 16.2. The first-order chi connectivity index (χ1) is 10.7. The van der Waals surface area contributed by atoms with Crippen LogP contribution in [0, 0.1) is 0 Å². The van der Waals surface area contributed by atoms with Crippen molar-refractivity contribution in [2.24, 2.45) is 7.05 Å². The third kappa shape index (κ3) is 3.39. The molecule has 1 aromatic carbocycles. The maximum Gasteiger partial charge on any atom is 0.270 e. The molecule has 0 saturated carbocycles. The Morgan fingerprint density at radius 3 is 2.77 bits per heavy atom. The molecule has 1 aliphatic heterocycles. The van der Waals surface area contributed by atoms with Crippen molar-refractivity contribution >= 4 is 5.91 Å². The number of nitrogens with zero attached hydrogens (tertiary/aromatic N) is 2. The van der Waals surface area contributed by atoms with Crippen LogP contribution in [0.1, 0.15) is 28.9 Å². The molecule has 1 aromatic heterocycles. The van der Waals surface area contributed by atoms with E-state index in [0.29, 0.717) is 6.04 Å². The second kappa shape index (κ2) is 6.79. The number of hydrogen-bond acceptors (Lipinski definition) is 2. The maximum absolute atomic E-state index is 12.6. The lowest BCUT2D eigenvalue weighted by Gasteiger charge is -2.33. The molecule has 22 heavy (non-hydrogen) atoms. The van der Waals surface area contributed by atoms with Gasteiger partial charge in [0.05, 0.1) is 0 Å². The fourth-order valence-corrected chi connectivity index (χ4v) is 3.03. The van der Waals surface area contributed by atoms with Gasteiger partial charge in [0, 0.05) is 38.9 Å². The van der Waals surface area contributed by atoms with E-state index in [-0.39, 0.29) is 5.91 Å². The number of aromatic nitrogens is 1. The summed E-state index contributed by atoms with van der Waals surface area (Å²) in [4.78, 5) is 14.6. The number of piperidine rings is 1. The van der Waals surface area contributed by atoms with Crippen LogP contribution in [0.4, 0.5) is 0 Å². The molecule has 0 spiro atoms. The first-order valence-electron chi connectivity index (χ1n) is 7.92. The van der Waals surface area contributed by atoms with Crippen molar-refractivity contribution in [1.29, 1.82) is 0 Å². The largest absolute Gasteiger partial charge is 0.347 e. The highest BCUT2D eigenvalue weighted by molar-refractivity contribution is 5.92. The Bertz CT molecular complexity index is 620. The van der Waals surface area contributed by atoms with Gasteiger partial charge in [0.15, 0.2) is 0 Å². The Labute approximate surface area is 131 Å². The summed E-state index contributed by atoms with van der Waals surface area (Å²) < 4.78 is 1.89. The minimum atomic E-state index is 0.138. The molecule has 1 amide bonds. The van der Waals surface area contributed by atoms with Gasteiger partial charge in [-0.1, -0.05) is 30.3 Å². The van der Waals surface area contributed by atoms with Gasteiger partial charge in [-0.2, -0.15) is 0 Å². The third-order valence-electron chi connectivity index (χ3n) is 4.31. The van der Waals surface area contributed by atoms with Gasteiger partial charge in [-0.3, -0.25) is 4.79 Å². The quantitative estimate of drug-likeness (QED) is 0.941. The summed E-state index contributed by atoms with van der Waals surface area (Å²) in [5, 5.41) is 3.58. The fraction of sp³-hybridized carbons (Fsp3) is 0.389. The molecule has 0 unspecified atom stereocenters. The molecule has 1 fully saturated rings. The van der Waals surface area contributed by atoms with Gasteiger partial charge >= 0.3 is 0 Å².